The van der Waals surface area contributed by atoms with Gasteiger partial charge in [0.15, 0.2) is 5.78 Å². The maximum absolute atomic E-state index is 13.0. The number of Topliss-reactive ketones (excluding diaryl/α,β-unsaturated/α-hetero) is 1. The predicted octanol–water partition coefficient (Wildman–Crippen LogP) is 7.21. The molecule has 0 saturated heterocycles. The third-order valence-corrected chi connectivity index (χ3v) is 5.00. The number of ketones is 1. The monoisotopic (exact) mass is 403 g/mol. The number of benzene rings is 1. The van der Waals surface area contributed by atoms with Gasteiger partial charge in [-0.05, 0) is 47.6 Å². The van der Waals surface area contributed by atoms with E-state index in [1.807, 2.05) is 25.1 Å². The molecule has 27 heavy (non-hydrogen) atoms. The first-order valence-electron chi connectivity index (χ1n) is 9.00. The number of hydrogen-bond acceptors (Lipinski definition) is 2. The molecule has 0 aliphatic heterocycles. The fraction of sp³-hybridized carbons (Fsp3) is 0.391. The highest BCUT2D eigenvalue weighted by atomic mass is 35.5. The van der Waals surface area contributed by atoms with E-state index < -0.39 is 0 Å². The Morgan fingerprint density at radius 3 is 1.93 bits per heavy atom. The average molecular weight is 404 g/mol. The third kappa shape index (κ3) is 5.21. The zero-order chi connectivity index (χ0) is 20.6. The number of rotatable bonds is 2. The lowest BCUT2D eigenvalue weighted by molar-refractivity contribution is -0.114. The average Bonchev–Trinajstić information content (AvgIpc) is 2.51. The van der Waals surface area contributed by atoms with Crippen LogP contribution in [0, 0.1) is 10.8 Å². The van der Waals surface area contributed by atoms with E-state index in [4.69, 9.17) is 23.2 Å². The second-order valence-electron chi connectivity index (χ2n) is 8.91. The molecule has 0 unspecified atom stereocenters. The third-order valence-electron chi connectivity index (χ3n) is 4.46. The second-order valence-corrected chi connectivity index (χ2v) is 9.76. The number of carbonyl (C=O) groups excluding carboxylic acids is 1. The van der Waals surface area contributed by atoms with Gasteiger partial charge in [-0.3, -0.25) is 9.79 Å². The van der Waals surface area contributed by atoms with E-state index in [1.54, 1.807) is 18.3 Å². The molecule has 1 aliphatic rings. The van der Waals surface area contributed by atoms with E-state index in [1.165, 1.54) is 0 Å². The Kier molecular flexibility index (Phi) is 6.23. The summed E-state index contributed by atoms with van der Waals surface area (Å²) in [6.07, 6.45) is 5.68. The van der Waals surface area contributed by atoms with Gasteiger partial charge in [-0.1, -0.05) is 70.8 Å². The summed E-state index contributed by atoms with van der Waals surface area (Å²) in [4.78, 5) is 17.6. The topological polar surface area (TPSA) is 29.4 Å². The lowest BCUT2D eigenvalue weighted by Gasteiger charge is -2.31. The smallest absolute Gasteiger partial charge is 0.186 e. The Morgan fingerprint density at radius 2 is 1.48 bits per heavy atom. The van der Waals surface area contributed by atoms with Gasteiger partial charge in [0.25, 0.3) is 0 Å². The van der Waals surface area contributed by atoms with E-state index in [0.29, 0.717) is 10.0 Å². The molecule has 0 bridgehead atoms. The van der Waals surface area contributed by atoms with Crippen LogP contribution in [-0.4, -0.2) is 11.5 Å². The maximum atomic E-state index is 13.0. The van der Waals surface area contributed by atoms with Gasteiger partial charge in [0.2, 0.25) is 0 Å². The SMILES string of the molecule is CC(=NC=C1C=C(C(C)(C)C)C(=O)C(C(C)(C)C)=C1)c1ccc(Cl)cc1Cl. The van der Waals surface area contributed by atoms with Crippen molar-refractivity contribution < 1.29 is 4.79 Å². The number of aliphatic imine (C=N–C) groups is 1. The minimum Gasteiger partial charge on any atom is -0.289 e. The Balaban J connectivity index is 2.51. The Morgan fingerprint density at radius 1 is 0.963 bits per heavy atom. The van der Waals surface area contributed by atoms with Gasteiger partial charge in [0, 0.05) is 33.6 Å². The zero-order valence-electron chi connectivity index (χ0n) is 17.1. The predicted molar refractivity (Wildman–Crippen MR) is 117 cm³/mol. The van der Waals surface area contributed by atoms with Crippen LogP contribution < -0.4 is 0 Å². The highest BCUT2D eigenvalue weighted by molar-refractivity contribution is 6.37. The lowest BCUT2D eigenvalue weighted by Crippen LogP contribution is -2.27. The molecular formula is C23H27Cl2NO. The molecule has 0 heterocycles. The molecule has 0 fully saturated rings. The molecule has 2 rings (SSSR count). The van der Waals surface area contributed by atoms with Crippen molar-refractivity contribution in [3.05, 3.63) is 68.9 Å². The molecule has 0 amide bonds. The van der Waals surface area contributed by atoms with Crippen LogP contribution in [0.1, 0.15) is 54.0 Å². The van der Waals surface area contributed by atoms with Gasteiger partial charge in [-0.25, -0.2) is 0 Å². The van der Waals surface area contributed by atoms with Crippen LogP contribution in [0.3, 0.4) is 0 Å². The quantitative estimate of drug-likeness (QED) is 0.479. The van der Waals surface area contributed by atoms with Crippen molar-refractivity contribution in [2.75, 3.05) is 0 Å². The van der Waals surface area contributed by atoms with Crippen LogP contribution >= 0.6 is 23.2 Å². The normalized spacial score (nSPS) is 16.3. The standard InChI is InChI=1S/C23H27Cl2NO/c1-14(17-9-8-16(24)12-20(17)25)26-13-15-10-18(22(2,3)4)21(27)19(11-15)23(5,6)7/h8-13H,1-7H3. The van der Waals surface area contributed by atoms with Gasteiger partial charge in [-0.15, -0.1) is 0 Å². The summed E-state index contributed by atoms with van der Waals surface area (Å²) < 4.78 is 0. The van der Waals surface area contributed by atoms with Crippen LogP contribution in [0.5, 0.6) is 0 Å². The molecule has 0 radical (unpaired) electrons. The highest BCUT2D eigenvalue weighted by Gasteiger charge is 2.33. The van der Waals surface area contributed by atoms with Crippen LogP contribution in [0.4, 0.5) is 0 Å². The first-order valence-corrected chi connectivity index (χ1v) is 9.75. The van der Waals surface area contributed by atoms with Gasteiger partial charge < -0.3 is 0 Å². The minimum absolute atomic E-state index is 0.119. The summed E-state index contributed by atoms with van der Waals surface area (Å²) >= 11 is 12.2. The van der Waals surface area contributed by atoms with E-state index in [0.717, 1.165) is 28.0 Å². The highest BCUT2D eigenvalue weighted by Crippen LogP contribution is 2.38. The minimum atomic E-state index is -0.237. The Hall–Kier alpha value is -1.64. The van der Waals surface area contributed by atoms with Crippen molar-refractivity contribution in [1.29, 1.82) is 0 Å². The molecule has 1 aromatic carbocycles. The van der Waals surface area contributed by atoms with Crippen molar-refractivity contribution in [3.63, 3.8) is 0 Å². The first-order chi connectivity index (χ1) is 12.3. The van der Waals surface area contributed by atoms with E-state index in [9.17, 15) is 4.79 Å². The van der Waals surface area contributed by atoms with Crippen LogP contribution in [-0.2, 0) is 4.79 Å². The second kappa shape index (κ2) is 7.77. The summed E-state index contributed by atoms with van der Waals surface area (Å²) in [5.74, 6) is 0.119. The van der Waals surface area contributed by atoms with Gasteiger partial charge in [-0.2, -0.15) is 0 Å². The summed E-state index contributed by atoms with van der Waals surface area (Å²) in [6, 6.07) is 5.36. The molecular weight excluding hydrogens is 377 g/mol. The van der Waals surface area contributed by atoms with Crippen LogP contribution in [0.25, 0.3) is 0 Å². The van der Waals surface area contributed by atoms with Gasteiger partial charge >= 0.3 is 0 Å². The number of nitrogens with zero attached hydrogens (tertiary/aromatic N) is 1. The molecule has 144 valence electrons. The van der Waals surface area contributed by atoms with E-state index >= 15 is 0 Å². The zero-order valence-corrected chi connectivity index (χ0v) is 18.6. The number of carbonyl (C=O) groups is 1. The summed E-state index contributed by atoms with van der Waals surface area (Å²) in [7, 11) is 0. The lowest BCUT2D eigenvalue weighted by atomic mass is 9.72. The van der Waals surface area contributed by atoms with Gasteiger partial charge in [0.05, 0.1) is 5.02 Å². The molecule has 0 N–H and O–H groups in total. The number of halogens is 2. The van der Waals surface area contributed by atoms with Crippen LogP contribution in [0.2, 0.25) is 10.0 Å². The largest absolute Gasteiger partial charge is 0.289 e. The Bertz CT molecular complexity index is 852. The molecule has 1 aliphatic carbocycles. The maximum Gasteiger partial charge on any atom is 0.186 e. The van der Waals surface area contributed by atoms with Crippen molar-refractivity contribution in [1.82, 2.24) is 0 Å². The van der Waals surface area contributed by atoms with Crippen molar-refractivity contribution in [2.45, 2.75) is 48.5 Å². The summed E-state index contributed by atoms with van der Waals surface area (Å²) in [5, 5.41) is 1.16. The molecule has 0 spiro atoms. The summed E-state index contributed by atoms with van der Waals surface area (Å²) in [5.41, 5.74) is 3.67. The number of allylic oxidation sites excluding steroid dienone is 5. The van der Waals surface area contributed by atoms with Crippen molar-refractivity contribution in [3.8, 4) is 0 Å². The molecule has 1 aromatic rings. The fourth-order valence-corrected chi connectivity index (χ4v) is 3.41. The molecule has 0 atom stereocenters. The van der Waals surface area contributed by atoms with Crippen molar-refractivity contribution >= 4 is 34.7 Å². The summed E-state index contributed by atoms with van der Waals surface area (Å²) in [6.45, 7) is 14.3. The van der Waals surface area contributed by atoms with Crippen LogP contribution in [0.15, 0.2) is 58.3 Å². The van der Waals surface area contributed by atoms with Gasteiger partial charge in [0.1, 0.15) is 0 Å². The number of hydrogen-bond donors (Lipinski definition) is 0. The van der Waals surface area contributed by atoms with E-state index in [2.05, 4.69) is 46.5 Å². The molecule has 0 saturated carbocycles. The van der Waals surface area contributed by atoms with E-state index in [-0.39, 0.29) is 16.6 Å². The Labute approximate surface area is 172 Å². The molecule has 2 nitrogen and oxygen atoms in total. The fourth-order valence-electron chi connectivity index (χ4n) is 2.86. The first kappa shape index (κ1) is 21.7. The molecule has 4 heteroatoms. The molecule has 0 aromatic heterocycles. The van der Waals surface area contributed by atoms with Crippen molar-refractivity contribution in [2.24, 2.45) is 15.8 Å².